The quantitative estimate of drug-likeness (QED) is 0.852. The van der Waals surface area contributed by atoms with Crippen LogP contribution in [0.4, 0.5) is 10.1 Å². The van der Waals surface area contributed by atoms with Gasteiger partial charge in [0.05, 0.1) is 11.6 Å². The van der Waals surface area contributed by atoms with Gasteiger partial charge in [-0.1, -0.05) is 12.1 Å². The Labute approximate surface area is 138 Å². The fraction of sp³-hybridized carbons (Fsp3) is 0.167. The largest absolute Gasteiger partial charge is 0.454 e. The van der Waals surface area contributed by atoms with Crippen LogP contribution < -0.4 is 5.32 Å². The van der Waals surface area contributed by atoms with Crippen LogP contribution >= 0.6 is 0 Å². The van der Waals surface area contributed by atoms with Crippen LogP contribution in [0.25, 0.3) is 0 Å². The first-order chi connectivity index (χ1) is 11.5. The van der Waals surface area contributed by atoms with E-state index in [0.717, 1.165) is 0 Å². The van der Waals surface area contributed by atoms with Gasteiger partial charge in [-0.3, -0.25) is 4.79 Å². The zero-order chi connectivity index (χ0) is 17.5. The van der Waals surface area contributed by atoms with Crippen LogP contribution in [0.2, 0.25) is 0 Å². The van der Waals surface area contributed by atoms with Crippen molar-refractivity contribution in [2.24, 2.45) is 0 Å². The Bertz CT molecular complexity index is 764. The third-order valence-corrected chi connectivity index (χ3v) is 3.27. The van der Waals surface area contributed by atoms with Crippen molar-refractivity contribution in [3.63, 3.8) is 0 Å². The topological polar surface area (TPSA) is 79.2 Å². The highest BCUT2D eigenvalue weighted by atomic mass is 19.1. The van der Waals surface area contributed by atoms with Gasteiger partial charge in [0, 0.05) is 5.69 Å². The van der Waals surface area contributed by atoms with E-state index < -0.39 is 18.0 Å². The Kier molecular flexibility index (Phi) is 5.63. The van der Waals surface area contributed by atoms with Crippen LogP contribution in [0.1, 0.15) is 35.4 Å². The highest BCUT2D eigenvalue weighted by Gasteiger charge is 2.14. The van der Waals surface area contributed by atoms with Gasteiger partial charge in [-0.05, 0) is 48.9 Å². The molecule has 0 saturated carbocycles. The summed E-state index contributed by atoms with van der Waals surface area (Å²) in [6.45, 7) is 1.70. The van der Waals surface area contributed by atoms with Crippen molar-refractivity contribution in [2.75, 3.05) is 5.32 Å². The van der Waals surface area contributed by atoms with Crippen molar-refractivity contribution < 1.29 is 18.7 Å². The number of amides is 1. The molecule has 0 aliphatic carbocycles. The minimum atomic E-state index is -0.526. The molecule has 1 N–H and O–H groups in total. The van der Waals surface area contributed by atoms with Crippen molar-refractivity contribution in [2.45, 2.75) is 19.4 Å². The van der Waals surface area contributed by atoms with Crippen LogP contribution in [-0.2, 0) is 9.53 Å². The standard InChI is InChI=1S/C18H15FN2O3/c1-12(13-2-6-15(19)7-3-13)24-18(23)14-4-8-16(9-5-14)21-17(22)10-11-20/h2-9,12H,10H2,1H3,(H,21,22)/t12-/m0/s1. The molecule has 0 aliphatic heterocycles. The molecule has 1 atom stereocenters. The number of rotatable bonds is 5. The van der Waals surface area contributed by atoms with Crippen molar-refractivity contribution in [3.05, 3.63) is 65.5 Å². The minimum absolute atomic E-state index is 0.237. The maximum absolute atomic E-state index is 12.9. The first kappa shape index (κ1) is 17.2. The van der Waals surface area contributed by atoms with Gasteiger partial charge in [0.25, 0.3) is 0 Å². The minimum Gasteiger partial charge on any atom is -0.454 e. The van der Waals surface area contributed by atoms with Crippen molar-refractivity contribution in [3.8, 4) is 6.07 Å². The number of anilines is 1. The molecule has 0 aromatic heterocycles. The molecule has 0 heterocycles. The maximum atomic E-state index is 12.9. The SMILES string of the molecule is C[C@H](OC(=O)c1ccc(NC(=O)CC#N)cc1)c1ccc(F)cc1. The molecule has 122 valence electrons. The molecule has 0 bridgehead atoms. The molecule has 2 aromatic rings. The third-order valence-electron chi connectivity index (χ3n) is 3.27. The normalized spacial score (nSPS) is 11.2. The Morgan fingerprint density at radius 3 is 2.38 bits per heavy atom. The number of carbonyl (C=O) groups is 2. The van der Waals surface area contributed by atoms with Crippen molar-refractivity contribution in [1.82, 2.24) is 0 Å². The lowest BCUT2D eigenvalue weighted by Crippen LogP contribution is -2.11. The summed E-state index contributed by atoms with van der Waals surface area (Å²) in [5.74, 6) is -1.30. The lowest BCUT2D eigenvalue weighted by atomic mass is 10.1. The molecule has 0 fully saturated rings. The number of nitrogens with zero attached hydrogens (tertiary/aromatic N) is 1. The van der Waals surface area contributed by atoms with Crippen LogP contribution in [0.3, 0.4) is 0 Å². The molecule has 0 aliphatic rings. The van der Waals surface area contributed by atoms with E-state index in [4.69, 9.17) is 10.00 Å². The predicted molar refractivity (Wildman–Crippen MR) is 85.5 cm³/mol. The smallest absolute Gasteiger partial charge is 0.338 e. The summed E-state index contributed by atoms with van der Waals surface area (Å²) in [5, 5.41) is 11.0. The molecule has 2 aromatic carbocycles. The monoisotopic (exact) mass is 326 g/mol. The number of hydrogen-bond donors (Lipinski definition) is 1. The number of carbonyl (C=O) groups excluding carboxylic acids is 2. The first-order valence-corrected chi connectivity index (χ1v) is 7.23. The summed E-state index contributed by atoms with van der Waals surface area (Å²) in [7, 11) is 0. The lowest BCUT2D eigenvalue weighted by Gasteiger charge is -2.14. The Balaban J connectivity index is 1.98. The summed E-state index contributed by atoms with van der Waals surface area (Å²) in [6, 6.07) is 13.6. The Morgan fingerprint density at radius 1 is 1.17 bits per heavy atom. The molecule has 5 nitrogen and oxygen atoms in total. The average Bonchev–Trinajstić information content (AvgIpc) is 2.56. The molecule has 1 amide bonds. The number of nitrogens with one attached hydrogen (secondary N) is 1. The van der Waals surface area contributed by atoms with Crippen molar-refractivity contribution >= 4 is 17.6 Å². The van der Waals surface area contributed by atoms with Gasteiger partial charge in [-0.15, -0.1) is 0 Å². The van der Waals surface area contributed by atoms with E-state index in [1.807, 2.05) is 0 Å². The fourth-order valence-corrected chi connectivity index (χ4v) is 2.00. The van der Waals surface area contributed by atoms with Crippen molar-refractivity contribution in [1.29, 1.82) is 5.26 Å². The molecular weight excluding hydrogens is 311 g/mol. The Hall–Kier alpha value is -3.20. The third kappa shape index (κ3) is 4.65. The van der Waals surface area contributed by atoms with E-state index >= 15 is 0 Å². The second-order valence-electron chi connectivity index (χ2n) is 5.06. The Morgan fingerprint density at radius 2 is 1.79 bits per heavy atom. The number of esters is 1. The lowest BCUT2D eigenvalue weighted by molar-refractivity contribution is -0.115. The summed E-state index contributed by atoms with van der Waals surface area (Å²) < 4.78 is 18.2. The molecule has 0 saturated heterocycles. The molecule has 6 heteroatoms. The first-order valence-electron chi connectivity index (χ1n) is 7.23. The molecular formula is C18H15FN2O3. The van der Waals surface area contributed by atoms with E-state index in [-0.39, 0.29) is 12.2 Å². The van der Waals surface area contributed by atoms with E-state index in [1.165, 1.54) is 24.3 Å². The van der Waals surface area contributed by atoms with E-state index in [0.29, 0.717) is 16.8 Å². The van der Waals surface area contributed by atoms with Gasteiger partial charge in [0.1, 0.15) is 18.3 Å². The van der Waals surface area contributed by atoms with E-state index in [2.05, 4.69) is 5.32 Å². The predicted octanol–water partition coefficient (Wildman–Crippen LogP) is 3.60. The van der Waals surface area contributed by atoms with Crippen LogP contribution in [0.15, 0.2) is 48.5 Å². The van der Waals surface area contributed by atoms with Crippen LogP contribution in [-0.4, -0.2) is 11.9 Å². The number of nitriles is 1. The number of ether oxygens (including phenoxy) is 1. The second-order valence-corrected chi connectivity index (χ2v) is 5.06. The van der Waals surface area contributed by atoms with Gasteiger partial charge in [-0.25, -0.2) is 9.18 Å². The van der Waals surface area contributed by atoms with Gasteiger partial charge in [0.2, 0.25) is 5.91 Å². The molecule has 0 radical (unpaired) electrons. The van der Waals surface area contributed by atoms with Gasteiger partial charge in [-0.2, -0.15) is 5.26 Å². The van der Waals surface area contributed by atoms with Gasteiger partial charge >= 0.3 is 5.97 Å². The fourth-order valence-electron chi connectivity index (χ4n) is 2.00. The summed E-state index contributed by atoms with van der Waals surface area (Å²) >= 11 is 0. The summed E-state index contributed by atoms with van der Waals surface area (Å²) in [6.07, 6.45) is -0.757. The average molecular weight is 326 g/mol. The molecule has 2 rings (SSSR count). The number of hydrogen-bond acceptors (Lipinski definition) is 4. The number of halogens is 1. The molecule has 0 unspecified atom stereocenters. The number of benzene rings is 2. The zero-order valence-electron chi connectivity index (χ0n) is 13.0. The van der Waals surface area contributed by atoms with Gasteiger partial charge < -0.3 is 10.1 Å². The van der Waals surface area contributed by atoms with Crippen LogP contribution in [0, 0.1) is 17.1 Å². The highest BCUT2D eigenvalue weighted by molar-refractivity contribution is 5.93. The highest BCUT2D eigenvalue weighted by Crippen LogP contribution is 2.19. The summed E-state index contributed by atoms with van der Waals surface area (Å²) in [5.41, 5.74) is 1.49. The maximum Gasteiger partial charge on any atom is 0.338 e. The summed E-state index contributed by atoms with van der Waals surface area (Å²) in [4.78, 5) is 23.4. The second kappa shape index (κ2) is 7.88. The van der Waals surface area contributed by atoms with Gasteiger partial charge in [0.15, 0.2) is 0 Å². The molecule has 0 spiro atoms. The molecule has 24 heavy (non-hydrogen) atoms. The zero-order valence-corrected chi connectivity index (χ0v) is 13.0. The van der Waals surface area contributed by atoms with Crippen LogP contribution in [0.5, 0.6) is 0 Å². The van der Waals surface area contributed by atoms with E-state index in [1.54, 1.807) is 37.3 Å². The van der Waals surface area contributed by atoms with E-state index in [9.17, 15) is 14.0 Å².